The van der Waals surface area contributed by atoms with Gasteiger partial charge in [-0.2, -0.15) is 0 Å². The van der Waals surface area contributed by atoms with Gasteiger partial charge in [-0.15, -0.1) is 0 Å². The molecule has 1 saturated carbocycles. The number of nitrogens with two attached hydrogens (primary N) is 1. The fourth-order valence-electron chi connectivity index (χ4n) is 3.01. The first kappa shape index (κ1) is 14.8. The third-order valence-electron chi connectivity index (χ3n) is 4.44. The number of nitrogens with zero attached hydrogens (tertiary/aromatic N) is 1. The third kappa shape index (κ3) is 3.39. The molecule has 2 fully saturated rings. The average molecular weight is 309 g/mol. The van der Waals surface area contributed by atoms with Crippen LogP contribution in [0.5, 0.6) is 0 Å². The zero-order valence-electron chi connectivity index (χ0n) is 12.4. The van der Waals surface area contributed by atoms with E-state index in [2.05, 4.69) is 9.62 Å². The minimum atomic E-state index is -3.47. The van der Waals surface area contributed by atoms with Crippen LogP contribution in [0.25, 0.3) is 0 Å². The number of rotatable bonds is 5. The van der Waals surface area contributed by atoms with Crippen LogP contribution in [0.1, 0.15) is 24.8 Å². The number of hydrogen-bond acceptors (Lipinski definition) is 4. The van der Waals surface area contributed by atoms with Gasteiger partial charge in [-0.25, -0.2) is 13.1 Å². The maximum atomic E-state index is 12.4. The van der Waals surface area contributed by atoms with Crippen LogP contribution in [-0.4, -0.2) is 39.0 Å². The molecule has 0 aromatic heterocycles. The summed E-state index contributed by atoms with van der Waals surface area (Å²) in [5.41, 5.74) is 6.90. The van der Waals surface area contributed by atoms with E-state index >= 15 is 0 Å². The molecule has 0 radical (unpaired) electrons. The first-order valence-corrected chi connectivity index (χ1v) is 9.04. The Labute approximate surface area is 126 Å². The molecule has 1 atom stereocenters. The zero-order valence-corrected chi connectivity index (χ0v) is 13.2. The van der Waals surface area contributed by atoms with E-state index in [1.54, 1.807) is 19.1 Å². The summed E-state index contributed by atoms with van der Waals surface area (Å²) in [6, 6.07) is 5.76. The van der Waals surface area contributed by atoms with E-state index in [0.29, 0.717) is 23.0 Å². The molecular formula is C15H23N3O2S. The van der Waals surface area contributed by atoms with Gasteiger partial charge in [0, 0.05) is 24.8 Å². The van der Waals surface area contributed by atoms with Crippen LogP contribution >= 0.6 is 0 Å². The van der Waals surface area contributed by atoms with Crippen molar-refractivity contribution in [3.05, 3.63) is 23.8 Å². The highest BCUT2D eigenvalue weighted by molar-refractivity contribution is 7.89. The van der Waals surface area contributed by atoms with Crippen molar-refractivity contribution < 1.29 is 8.42 Å². The molecule has 3 rings (SSSR count). The summed E-state index contributed by atoms with van der Waals surface area (Å²) < 4.78 is 27.6. The molecule has 0 bridgehead atoms. The second kappa shape index (κ2) is 5.59. The Kier molecular flexibility index (Phi) is 3.94. The van der Waals surface area contributed by atoms with E-state index in [9.17, 15) is 8.42 Å². The van der Waals surface area contributed by atoms with Crippen molar-refractivity contribution >= 4 is 15.7 Å². The normalized spacial score (nSPS) is 23.6. The van der Waals surface area contributed by atoms with E-state index in [0.717, 1.165) is 31.1 Å². The van der Waals surface area contributed by atoms with Crippen molar-refractivity contribution in [1.29, 1.82) is 0 Å². The zero-order chi connectivity index (χ0) is 15.0. The monoisotopic (exact) mass is 309 g/mol. The van der Waals surface area contributed by atoms with Crippen molar-refractivity contribution in [3.8, 4) is 0 Å². The number of sulfonamides is 1. The Balaban J connectivity index is 1.62. The summed E-state index contributed by atoms with van der Waals surface area (Å²) in [6.07, 6.45) is 3.69. The quantitative estimate of drug-likeness (QED) is 0.805. The van der Waals surface area contributed by atoms with E-state index in [1.165, 1.54) is 18.9 Å². The summed E-state index contributed by atoms with van der Waals surface area (Å²) in [4.78, 5) is 2.78. The molecule has 0 amide bonds. The van der Waals surface area contributed by atoms with Crippen molar-refractivity contribution in [2.24, 2.45) is 5.92 Å². The molecule has 1 aromatic rings. The van der Waals surface area contributed by atoms with E-state index in [4.69, 9.17) is 5.73 Å². The number of aryl methyl sites for hydroxylation is 1. The second-order valence-electron chi connectivity index (χ2n) is 6.26. The van der Waals surface area contributed by atoms with Crippen molar-refractivity contribution in [3.63, 3.8) is 0 Å². The lowest BCUT2D eigenvalue weighted by atomic mass is 10.1. The number of nitrogen functional groups attached to an aromatic ring is 1. The summed E-state index contributed by atoms with van der Waals surface area (Å²) in [6.45, 7) is 4.43. The Morgan fingerprint density at radius 2 is 2.10 bits per heavy atom. The first-order chi connectivity index (χ1) is 9.95. The predicted molar refractivity (Wildman–Crippen MR) is 83.5 cm³/mol. The Bertz CT molecular complexity index is 626. The standard InChI is InChI=1S/C15H23N3O2S/c1-11-2-3-13(16)8-15(11)21(19,20)17-9-12-6-7-18(10-12)14-4-5-14/h2-3,8,12,14,17H,4-7,9-10,16H2,1H3. The Hall–Kier alpha value is -1.11. The van der Waals surface area contributed by atoms with Crippen LogP contribution in [0.4, 0.5) is 5.69 Å². The van der Waals surface area contributed by atoms with Crippen molar-refractivity contribution in [2.45, 2.75) is 37.1 Å². The molecular weight excluding hydrogens is 286 g/mol. The number of hydrogen-bond donors (Lipinski definition) is 2. The fourth-order valence-corrected chi connectivity index (χ4v) is 4.41. The first-order valence-electron chi connectivity index (χ1n) is 7.55. The third-order valence-corrected chi connectivity index (χ3v) is 6.01. The van der Waals surface area contributed by atoms with Gasteiger partial charge in [0.15, 0.2) is 0 Å². The summed E-state index contributed by atoms with van der Waals surface area (Å²) in [7, 11) is -3.47. The van der Waals surface area contributed by atoms with Gasteiger partial charge in [0.05, 0.1) is 4.90 Å². The fraction of sp³-hybridized carbons (Fsp3) is 0.600. The van der Waals surface area contributed by atoms with Gasteiger partial charge in [0.2, 0.25) is 10.0 Å². The second-order valence-corrected chi connectivity index (χ2v) is 7.99. The molecule has 0 spiro atoms. The number of likely N-dealkylation sites (tertiary alicyclic amines) is 1. The van der Waals surface area contributed by atoms with Crippen LogP contribution in [0.15, 0.2) is 23.1 Å². The molecule has 6 heteroatoms. The van der Waals surface area contributed by atoms with Crippen LogP contribution in [-0.2, 0) is 10.0 Å². The van der Waals surface area contributed by atoms with Gasteiger partial charge in [0.1, 0.15) is 0 Å². The van der Waals surface area contributed by atoms with Gasteiger partial charge >= 0.3 is 0 Å². The van der Waals surface area contributed by atoms with E-state index < -0.39 is 10.0 Å². The van der Waals surface area contributed by atoms with E-state index in [1.807, 2.05) is 0 Å². The molecule has 1 aromatic carbocycles. The average Bonchev–Trinajstić information content (AvgIpc) is 3.18. The van der Waals surface area contributed by atoms with Crippen molar-refractivity contribution in [2.75, 3.05) is 25.4 Å². The van der Waals surface area contributed by atoms with Crippen LogP contribution in [0.2, 0.25) is 0 Å². The molecule has 1 aliphatic heterocycles. The summed E-state index contributed by atoms with van der Waals surface area (Å²) in [5, 5.41) is 0. The number of benzene rings is 1. The smallest absolute Gasteiger partial charge is 0.240 e. The minimum Gasteiger partial charge on any atom is -0.399 e. The molecule has 5 nitrogen and oxygen atoms in total. The Morgan fingerprint density at radius 3 is 2.81 bits per heavy atom. The van der Waals surface area contributed by atoms with Gasteiger partial charge in [0.25, 0.3) is 0 Å². The molecule has 21 heavy (non-hydrogen) atoms. The molecule has 1 heterocycles. The molecule has 1 aliphatic carbocycles. The topological polar surface area (TPSA) is 75.4 Å². The highest BCUT2D eigenvalue weighted by Crippen LogP contribution is 2.31. The molecule has 3 N–H and O–H groups in total. The largest absolute Gasteiger partial charge is 0.399 e. The summed E-state index contributed by atoms with van der Waals surface area (Å²) in [5.74, 6) is 0.418. The van der Waals surface area contributed by atoms with Crippen LogP contribution < -0.4 is 10.5 Å². The van der Waals surface area contributed by atoms with Gasteiger partial charge in [-0.1, -0.05) is 6.07 Å². The predicted octanol–water partition coefficient (Wildman–Crippen LogP) is 1.34. The molecule has 1 saturated heterocycles. The maximum Gasteiger partial charge on any atom is 0.240 e. The maximum absolute atomic E-state index is 12.4. The Morgan fingerprint density at radius 1 is 1.33 bits per heavy atom. The lowest BCUT2D eigenvalue weighted by molar-refractivity contribution is 0.314. The highest BCUT2D eigenvalue weighted by Gasteiger charge is 2.34. The van der Waals surface area contributed by atoms with Gasteiger partial charge in [-0.3, -0.25) is 0 Å². The molecule has 2 aliphatic rings. The number of anilines is 1. The van der Waals surface area contributed by atoms with Crippen LogP contribution in [0.3, 0.4) is 0 Å². The van der Waals surface area contributed by atoms with Gasteiger partial charge < -0.3 is 10.6 Å². The minimum absolute atomic E-state index is 0.291. The van der Waals surface area contributed by atoms with E-state index in [-0.39, 0.29) is 0 Å². The molecule has 116 valence electrons. The molecule has 1 unspecified atom stereocenters. The SMILES string of the molecule is Cc1ccc(N)cc1S(=O)(=O)NCC1CCN(C2CC2)C1. The summed E-state index contributed by atoms with van der Waals surface area (Å²) >= 11 is 0. The lowest BCUT2D eigenvalue weighted by Crippen LogP contribution is -2.32. The van der Waals surface area contributed by atoms with Gasteiger partial charge in [-0.05, 0) is 56.3 Å². The van der Waals surface area contributed by atoms with Crippen LogP contribution in [0, 0.1) is 12.8 Å². The van der Waals surface area contributed by atoms with Crippen molar-refractivity contribution in [1.82, 2.24) is 9.62 Å². The number of nitrogens with one attached hydrogen (secondary N) is 1. The lowest BCUT2D eigenvalue weighted by Gasteiger charge is -2.16. The highest BCUT2D eigenvalue weighted by atomic mass is 32.2.